The summed E-state index contributed by atoms with van der Waals surface area (Å²) in [6.07, 6.45) is 2.20. The fourth-order valence-corrected chi connectivity index (χ4v) is 1.78. The van der Waals surface area contributed by atoms with E-state index in [0.29, 0.717) is 17.7 Å². The number of aryl methyl sites for hydroxylation is 1. The molecule has 1 rings (SSSR count). The Balaban J connectivity index is 2.63. The van der Waals surface area contributed by atoms with Crippen molar-refractivity contribution in [2.75, 3.05) is 5.32 Å². The van der Waals surface area contributed by atoms with Gasteiger partial charge in [-0.3, -0.25) is 4.79 Å². The molecule has 0 fully saturated rings. The molecule has 1 atom stereocenters. The molecule has 1 aromatic rings. The van der Waals surface area contributed by atoms with Crippen molar-refractivity contribution in [1.29, 1.82) is 0 Å². The monoisotopic (exact) mass is 281 g/mol. The third kappa shape index (κ3) is 4.87. The second-order valence-electron chi connectivity index (χ2n) is 4.65. The number of amides is 3. The molecule has 0 aromatic heterocycles. The highest BCUT2D eigenvalue weighted by atomic mass is 19.1. The number of anilines is 1. The molecule has 0 heterocycles. The zero-order chi connectivity index (χ0) is 15.1. The average molecular weight is 281 g/mol. The standard InChI is InChI=1S/C14H20FN3O2/c1-3-4-5-12(13(16)19)18-14(20)17-11-7-6-10(15)8-9(11)2/h6-8,12H,3-5H2,1-2H3,(H2,16,19)(H2,17,18,20)/t12-/m1/s1. The summed E-state index contributed by atoms with van der Waals surface area (Å²) in [7, 11) is 0. The van der Waals surface area contributed by atoms with Crippen LogP contribution in [0.1, 0.15) is 31.7 Å². The van der Waals surface area contributed by atoms with Crippen LogP contribution in [-0.2, 0) is 4.79 Å². The predicted octanol–water partition coefficient (Wildman–Crippen LogP) is 2.30. The molecule has 20 heavy (non-hydrogen) atoms. The molecule has 4 N–H and O–H groups in total. The smallest absolute Gasteiger partial charge is 0.319 e. The Hall–Kier alpha value is -2.11. The third-order valence-electron chi connectivity index (χ3n) is 2.93. The van der Waals surface area contributed by atoms with E-state index in [-0.39, 0.29) is 5.82 Å². The SMILES string of the molecule is CCCC[C@@H](NC(=O)Nc1ccc(F)cc1C)C(N)=O. The molecule has 5 nitrogen and oxygen atoms in total. The van der Waals surface area contributed by atoms with Crippen LogP contribution in [0.3, 0.4) is 0 Å². The van der Waals surface area contributed by atoms with Crippen LogP contribution in [0.5, 0.6) is 0 Å². The number of primary amides is 1. The maximum atomic E-state index is 13.0. The number of benzene rings is 1. The van der Waals surface area contributed by atoms with Gasteiger partial charge in [-0.05, 0) is 37.1 Å². The summed E-state index contributed by atoms with van der Waals surface area (Å²) in [5.41, 5.74) is 6.33. The molecule has 0 saturated carbocycles. The van der Waals surface area contributed by atoms with Crippen LogP contribution in [0.2, 0.25) is 0 Å². The second kappa shape index (κ2) is 7.47. The lowest BCUT2D eigenvalue weighted by molar-refractivity contribution is -0.119. The Morgan fingerprint density at radius 1 is 1.40 bits per heavy atom. The Bertz CT molecular complexity index is 491. The van der Waals surface area contributed by atoms with E-state index in [1.54, 1.807) is 6.92 Å². The van der Waals surface area contributed by atoms with Gasteiger partial charge in [0.2, 0.25) is 5.91 Å². The first-order chi connectivity index (χ1) is 9.43. The number of rotatable bonds is 6. The van der Waals surface area contributed by atoms with Crippen LogP contribution >= 0.6 is 0 Å². The van der Waals surface area contributed by atoms with Crippen molar-refractivity contribution < 1.29 is 14.0 Å². The number of urea groups is 1. The van der Waals surface area contributed by atoms with E-state index in [1.807, 2.05) is 6.92 Å². The molecule has 0 aliphatic rings. The lowest BCUT2D eigenvalue weighted by Crippen LogP contribution is -2.46. The maximum Gasteiger partial charge on any atom is 0.319 e. The fourth-order valence-electron chi connectivity index (χ4n) is 1.78. The Labute approximate surface area is 117 Å². The average Bonchev–Trinajstić information content (AvgIpc) is 2.37. The highest BCUT2D eigenvalue weighted by Crippen LogP contribution is 2.15. The van der Waals surface area contributed by atoms with Gasteiger partial charge in [0.25, 0.3) is 0 Å². The summed E-state index contributed by atoms with van der Waals surface area (Å²) >= 11 is 0. The quantitative estimate of drug-likeness (QED) is 0.747. The summed E-state index contributed by atoms with van der Waals surface area (Å²) in [6, 6.07) is 2.81. The number of halogens is 1. The topological polar surface area (TPSA) is 84.2 Å². The summed E-state index contributed by atoms with van der Waals surface area (Å²) < 4.78 is 13.0. The molecule has 0 spiro atoms. The van der Waals surface area contributed by atoms with Crippen molar-refractivity contribution in [3.8, 4) is 0 Å². The number of carbonyl (C=O) groups is 2. The van der Waals surface area contributed by atoms with Crippen molar-refractivity contribution in [3.05, 3.63) is 29.6 Å². The van der Waals surface area contributed by atoms with Crippen LogP contribution in [0.4, 0.5) is 14.9 Å². The van der Waals surface area contributed by atoms with Gasteiger partial charge >= 0.3 is 6.03 Å². The van der Waals surface area contributed by atoms with Crippen molar-refractivity contribution in [3.63, 3.8) is 0 Å². The molecule has 0 aliphatic heterocycles. The van der Waals surface area contributed by atoms with Crippen molar-refractivity contribution in [2.24, 2.45) is 5.73 Å². The van der Waals surface area contributed by atoms with E-state index in [2.05, 4.69) is 10.6 Å². The van der Waals surface area contributed by atoms with E-state index in [4.69, 9.17) is 5.73 Å². The highest BCUT2D eigenvalue weighted by molar-refractivity contribution is 5.93. The molecule has 3 amide bonds. The molecule has 1 aromatic carbocycles. The van der Waals surface area contributed by atoms with Crippen molar-refractivity contribution in [2.45, 2.75) is 39.2 Å². The first-order valence-corrected chi connectivity index (χ1v) is 6.57. The zero-order valence-electron chi connectivity index (χ0n) is 11.7. The number of nitrogens with one attached hydrogen (secondary N) is 2. The first-order valence-electron chi connectivity index (χ1n) is 6.57. The Morgan fingerprint density at radius 2 is 2.10 bits per heavy atom. The van der Waals surface area contributed by atoms with Crippen LogP contribution in [0.25, 0.3) is 0 Å². The molecule has 110 valence electrons. The van der Waals surface area contributed by atoms with E-state index in [0.717, 1.165) is 12.8 Å². The largest absolute Gasteiger partial charge is 0.368 e. The van der Waals surface area contributed by atoms with Crippen LogP contribution in [0.15, 0.2) is 18.2 Å². The summed E-state index contributed by atoms with van der Waals surface area (Å²) in [4.78, 5) is 23.0. The Morgan fingerprint density at radius 3 is 2.65 bits per heavy atom. The minimum Gasteiger partial charge on any atom is -0.368 e. The third-order valence-corrected chi connectivity index (χ3v) is 2.93. The molecule has 0 saturated heterocycles. The van der Waals surface area contributed by atoms with Crippen LogP contribution in [0, 0.1) is 12.7 Å². The number of carbonyl (C=O) groups excluding carboxylic acids is 2. The molecule has 0 radical (unpaired) electrons. The van der Waals surface area contributed by atoms with E-state index in [1.165, 1.54) is 18.2 Å². The van der Waals surface area contributed by atoms with Crippen molar-refractivity contribution >= 4 is 17.6 Å². The second-order valence-corrected chi connectivity index (χ2v) is 4.65. The van der Waals surface area contributed by atoms with Gasteiger partial charge in [0.15, 0.2) is 0 Å². The minimum atomic E-state index is -0.698. The first kappa shape index (κ1) is 15.9. The predicted molar refractivity (Wildman–Crippen MR) is 75.8 cm³/mol. The van der Waals surface area contributed by atoms with Gasteiger partial charge in [-0.2, -0.15) is 0 Å². The molecular weight excluding hydrogens is 261 g/mol. The summed E-state index contributed by atoms with van der Waals surface area (Å²) in [5, 5.41) is 5.10. The summed E-state index contributed by atoms with van der Waals surface area (Å²) in [5.74, 6) is -0.934. The lowest BCUT2D eigenvalue weighted by atomic mass is 10.1. The number of hydrogen-bond acceptors (Lipinski definition) is 2. The molecular formula is C14H20FN3O2. The number of unbranched alkanes of at least 4 members (excludes halogenated alkanes) is 1. The van der Waals surface area contributed by atoms with Gasteiger partial charge in [0.1, 0.15) is 11.9 Å². The van der Waals surface area contributed by atoms with Gasteiger partial charge in [-0.15, -0.1) is 0 Å². The van der Waals surface area contributed by atoms with Crippen LogP contribution in [-0.4, -0.2) is 18.0 Å². The van der Waals surface area contributed by atoms with Gasteiger partial charge in [-0.1, -0.05) is 19.8 Å². The van der Waals surface area contributed by atoms with Gasteiger partial charge in [-0.25, -0.2) is 9.18 Å². The van der Waals surface area contributed by atoms with Gasteiger partial charge < -0.3 is 16.4 Å². The fraction of sp³-hybridized carbons (Fsp3) is 0.429. The lowest BCUT2D eigenvalue weighted by Gasteiger charge is -2.16. The van der Waals surface area contributed by atoms with E-state index in [9.17, 15) is 14.0 Å². The molecule has 0 bridgehead atoms. The minimum absolute atomic E-state index is 0.369. The van der Waals surface area contributed by atoms with E-state index < -0.39 is 18.0 Å². The zero-order valence-corrected chi connectivity index (χ0v) is 11.7. The van der Waals surface area contributed by atoms with Gasteiger partial charge in [0.05, 0.1) is 0 Å². The number of hydrogen-bond donors (Lipinski definition) is 3. The number of nitrogens with two attached hydrogens (primary N) is 1. The highest BCUT2D eigenvalue weighted by Gasteiger charge is 2.17. The molecule has 6 heteroatoms. The van der Waals surface area contributed by atoms with Crippen LogP contribution < -0.4 is 16.4 Å². The van der Waals surface area contributed by atoms with Crippen molar-refractivity contribution in [1.82, 2.24) is 5.32 Å². The normalized spacial score (nSPS) is 11.8. The maximum absolute atomic E-state index is 13.0. The van der Waals surface area contributed by atoms with E-state index >= 15 is 0 Å². The molecule has 0 unspecified atom stereocenters. The molecule has 0 aliphatic carbocycles. The summed E-state index contributed by atoms with van der Waals surface area (Å²) in [6.45, 7) is 3.67. The van der Waals surface area contributed by atoms with Gasteiger partial charge in [0, 0.05) is 5.69 Å². The Kier molecular flexibility index (Phi) is 5.96.